The number of hydrogen-bond donors (Lipinski definition) is 1. The molecular weight excluding hydrogens is 204 g/mol. The number of hydrogen-bond acceptors (Lipinski definition) is 4. The zero-order valence-corrected chi connectivity index (χ0v) is 9.34. The van der Waals surface area contributed by atoms with Crippen LogP contribution >= 0.6 is 0 Å². The van der Waals surface area contributed by atoms with E-state index < -0.39 is 0 Å². The number of nitrogen functional groups attached to an aromatic ring is 1. The fourth-order valence-corrected chi connectivity index (χ4v) is 1.54. The first kappa shape index (κ1) is 10.5. The number of methoxy groups -OCH3 is 1. The number of anilines is 1. The van der Waals surface area contributed by atoms with Crippen LogP contribution in [-0.4, -0.2) is 22.1 Å². The van der Waals surface area contributed by atoms with Gasteiger partial charge in [-0.05, 0) is 24.6 Å². The quantitative estimate of drug-likeness (QED) is 0.787. The Morgan fingerprint density at radius 3 is 2.81 bits per heavy atom. The van der Waals surface area contributed by atoms with Crippen LogP contribution < -0.4 is 10.5 Å². The summed E-state index contributed by atoms with van der Waals surface area (Å²) in [5.74, 6) is 0.693. The molecule has 0 aliphatic rings. The standard InChI is InChI=1S/C11H14N4O/c1-8-6-15(14-13-8)7-9-3-4-11(16-2)10(12)5-9/h3-6H,7,12H2,1-2H3. The molecule has 2 N–H and O–H groups in total. The van der Waals surface area contributed by atoms with Crippen LogP contribution in [0, 0.1) is 6.92 Å². The molecule has 0 amide bonds. The van der Waals surface area contributed by atoms with E-state index in [1.54, 1.807) is 11.8 Å². The first-order chi connectivity index (χ1) is 7.69. The number of ether oxygens (including phenoxy) is 1. The zero-order valence-electron chi connectivity index (χ0n) is 9.34. The molecule has 0 aliphatic heterocycles. The average Bonchev–Trinajstić information content (AvgIpc) is 2.64. The first-order valence-electron chi connectivity index (χ1n) is 4.98. The van der Waals surface area contributed by atoms with Crippen molar-refractivity contribution >= 4 is 5.69 Å². The van der Waals surface area contributed by atoms with Crippen LogP contribution in [0.15, 0.2) is 24.4 Å². The lowest BCUT2D eigenvalue weighted by molar-refractivity contribution is 0.417. The van der Waals surface area contributed by atoms with E-state index in [2.05, 4.69) is 10.3 Å². The summed E-state index contributed by atoms with van der Waals surface area (Å²) < 4.78 is 6.87. The maximum atomic E-state index is 5.82. The molecule has 0 saturated heterocycles. The van der Waals surface area contributed by atoms with Crippen molar-refractivity contribution < 1.29 is 4.74 Å². The molecule has 5 heteroatoms. The Labute approximate surface area is 93.8 Å². The predicted octanol–water partition coefficient (Wildman–Crippen LogP) is 1.23. The van der Waals surface area contributed by atoms with E-state index in [-0.39, 0.29) is 0 Å². The van der Waals surface area contributed by atoms with Gasteiger partial charge < -0.3 is 10.5 Å². The van der Waals surface area contributed by atoms with Crippen LogP contribution in [0.3, 0.4) is 0 Å². The second-order valence-corrected chi connectivity index (χ2v) is 3.63. The lowest BCUT2D eigenvalue weighted by Gasteiger charge is -2.06. The Morgan fingerprint density at radius 1 is 1.44 bits per heavy atom. The van der Waals surface area contributed by atoms with Gasteiger partial charge in [0, 0.05) is 6.20 Å². The molecule has 5 nitrogen and oxygen atoms in total. The van der Waals surface area contributed by atoms with Gasteiger partial charge in [0.25, 0.3) is 0 Å². The summed E-state index contributed by atoms with van der Waals surface area (Å²) >= 11 is 0. The van der Waals surface area contributed by atoms with Crippen molar-refractivity contribution in [2.24, 2.45) is 0 Å². The van der Waals surface area contributed by atoms with Crippen LogP contribution in [0.25, 0.3) is 0 Å². The van der Waals surface area contributed by atoms with E-state index in [1.807, 2.05) is 31.3 Å². The number of rotatable bonds is 3. The molecule has 0 saturated carbocycles. The lowest BCUT2D eigenvalue weighted by Crippen LogP contribution is -2.02. The van der Waals surface area contributed by atoms with E-state index >= 15 is 0 Å². The average molecular weight is 218 g/mol. The third-order valence-corrected chi connectivity index (χ3v) is 2.29. The zero-order chi connectivity index (χ0) is 11.5. The number of nitrogens with zero attached hydrogens (tertiary/aromatic N) is 3. The minimum absolute atomic E-state index is 0.636. The third-order valence-electron chi connectivity index (χ3n) is 2.29. The normalized spacial score (nSPS) is 10.4. The molecule has 84 valence electrons. The van der Waals surface area contributed by atoms with Crippen LogP contribution in [0.4, 0.5) is 5.69 Å². The van der Waals surface area contributed by atoms with Gasteiger partial charge in [-0.25, -0.2) is 4.68 Å². The summed E-state index contributed by atoms with van der Waals surface area (Å²) in [6, 6.07) is 5.70. The molecule has 2 rings (SSSR count). The molecule has 1 heterocycles. The van der Waals surface area contributed by atoms with Gasteiger partial charge in [-0.15, -0.1) is 5.10 Å². The van der Waals surface area contributed by atoms with Crippen LogP contribution in [-0.2, 0) is 6.54 Å². The van der Waals surface area contributed by atoms with Crippen molar-refractivity contribution in [3.05, 3.63) is 35.7 Å². The van der Waals surface area contributed by atoms with Crippen LogP contribution in [0.5, 0.6) is 5.75 Å². The van der Waals surface area contributed by atoms with Crippen molar-refractivity contribution in [3.63, 3.8) is 0 Å². The van der Waals surface area contributed by atoms with Crippen molar-refractivity contribution in [1.82, 2.24) is 15.0 Å². The largest absolute Gasteiger partial charge is 0.495 e. The highest BCUT2D eigenvalue weighted by atomic mass is 16.5. The molecule has 0 spiro atoms. The molecule has 0 aliphatic carbocycles. The first-order valence-corrected chi connectivity index (χ1v) is 4.98. The highest BCUT2D eigenvalue weighted by molar-refractivity contribution is 5.54. The molecule has 0 unspecified atom stereocenters. The molecule has 16 heavy (non-hydrogen) atoms. The third kappa shape index (κ3) is 2.13. The molecule has 0 bridgehead atoms. The number of aromatic nitrogens is 3. The minimum atomic E-state index is 0.636. The molecular formula is C11H14N4O. The maximum absolute atomic E-state index is 5.82. The topological polar surface area (TPSA) is 66.0 Å². The second kappa shape index (κ2) is 4.22. The molecule has 1 aromatic heterocycles. The van der Waals surface area contributed by atoms with Gasteiger partial charge in [0.1, 0.15) is 5.75 Å². The molecule has 0 radical (unpaired) electrons. The van der Waals surface area contributed by atoms with E-state index in [0.717, 1.165) is 11.3 Å². The summed E-state index contributed by atoms with van der Waals surface area (Å²) in [5, 5.41) is 7.90. The highest BCUT2D eigenvalue weighted by Crippen LogP contribution is 2.22. The second-order valence-electron chi connectivity index (χ2n) is 3.63. The smallest absolute Gasteiger partial charge is 0.141 e. The molecule has 1 aromatic carbocycles. The maximum Gasteiger partial charge on any atom is 0.141 e. The van der Waals surface area contributed by atoms with Crippen molar-refractivity contribution in [2.45, 2.75) is 13.5 Å². The number of benzene rings is 1. The molecule has 0 atom stereocenters. The van der Waals surface area contributed by atoms with Gasteiger partial charge in [-0.1, -0.05) is 11.3 Å². The van der Waals surface area contributed by atoms with Crippen LogP contribution in [0.2, 0.25) is 0 Å². The van der Waals surface area contributed by atoms with Crippen molar-refractivity contribution in [1.29, 1.82) is 0 Å². The summed E-state index contributed by atoms with van der Waals surface area (Å²) in [4.78, 5) is 0. The Bertz CT molecular complexity index is 492. The highest BCUT2D eigenvalue weighted by Gasteiger charge is 2.02. The van der Waals surface area contributed by atoms with Gasteiger partial charge in [0.15, 0.2) is 0 Å². The van der Waals surface area contributed by atoms with E-state index in [9.17, 15) is 0 Å². The van der Waals surface area contributed by atoms with E-state index in [1.165, 1.54) is 0 Å². The van der Waals surface area contributed by atoms with Gasteiger partial charge in [-0.2, -0.15) is 0 Å². The SMILES string of the molecule is COc1ccc(Cn2cc(C)nn2)cc1N. The lowest BCUT2D eigenvalue weighted by atomic mass is 10.2. The Morgan fingerprint density at radius 2 is 2.25 bits per heavy atom. The van der Waals surface area contributed by atoms with Gasteiger partial charge in [0.05, 0.1) is 25.0 Å². The van der Waals surface area contributed by atoms with E-state index in [4.69, 9.17) is 10.5 Å². The van der Waals surface area contributed by atoms with Crippen LogP contribution in [0.1, 0.15) is 11.3 Å². The van der Waals surface area contributed by atoms with Crippen molar-refractivity contribution in [3.8, 4) is 5.75 Å². The number of aryl methyl sites for hydroxylation is 1. The van der Waals surface area contributed by atoms with E-state index in [0.29, 0.717) is 18.0 Å². The fraction of sp³-hybridized carbons (Fsp3) is 0.273. The van der Waals surface area contributed by atoms with Crippen molar-refractivity contribution in [2.75, 3.05) is 12.8 Å². The predicted molar refractivity (Wildman–Crippen MR) is 61.3 cm³/mol. The molecule has 2 aromatic rings. The Kier molecular flexibility index (Phi) is 2.76. The van der Waals surface area contributed by atoms with Gasteiger partial charge in [-0.3, -0.25) is 0 Å². The summed E-state index contributed by atoms with van der Waals surface area (Å²) in [7, 11) is 1.60. The molecule has 0 fully saturated rings. The Hall–Kier alpha value is -2.04. The van der Waals surface area contributed by atoms with Gasteiger partial charge in [0.2, 0.25) is 0 Å². The minimum Gasteiger partial charge on any atom is -0.495 e. The monoisotopic (exact) mass is 218 g/mol. The van der Waals surface area contributed by atoms with Gasteiger partial charge >= 0.3 is 0 Å². The Balaban J connectivity index is 2.19. The number of nitrogens with two attached hydrogens (primary N) is 1. The summed E-state index contributed by atoms with van der Waals surface area (Å²) in [6.07, 6.45) is 1.89. The summed E-state index contributed by atoms with van der Waals surface area (Å²) in [5.41, 5.74) is 8.43. The summed E-state index contributed by atoms with van der Waals surface area (Å²) in [6.45, 7) is 2.57. The fourth-order valence-electron chi connectivity index (χ4n) is 1.54.